The summed E-state index contributed by atoms with van der Waals surface area (Å²) in [6.45, 7) is 5.99. The van der Waals surface area contributed by atoms with Crippen LogP contribution in [0.3, 0.4) is 0 Å². The number of nitrogens with one attached hydrogen (secondary N) is 1. The summed E-state index contributed by atoms with van der Waals surface area (Å²) in [6.07, 6.45) is 0. The Morgan fingerprint density at radius 1 is 1.07 bits per heavy atom. The van der Waals surface area contributed by atoms with Gasteiger partial charge in [0, 0.05) is 17.1 Å². The Morgan fingerprint density at radius 3 is 2.45 bits per heavy atom. The Bertz CT molecular complexity index is 1040. The summed E-state index contributed by atoms with van der Waals surface area (Å²) >= 11 is 0. The Labute approximate surface area is 169 Å². The Hall–Kier alpha value is -3.41. The van der Waals surface area contributed by atoms with Crippen molar-refractivity contribution in [2.75, 3.05) is 19.0 Å². The lowest BCUT2D eigenvalue weighted by molar-refractivity contribution is -0.118. The number of aryl methyl sites for hydroxylation is 1. The van der Waals surface area contributed by atoms with Crippen molar-refractivity contribution >= 4 is 28.5 Å². The molecule has 150 valence electrons. The van der Waals surface area contributed by atoms with Gasteiger partial charge >= 0.3 is 5.97 Å². The number of pyridine rings is 1. The predicted octanol–water partition coefficient (Wildman–Crippen LogP) is 4.47. The molecule has 3 rings (SSSR count). The number of carbonyl (C=O) groups excluding carboxylic acids is 2. The van der Waals surface area contributed by atoms with Gasteiger partial charge in [0.15, 0.2) is 12.3 Å². The topological polar surface area (TPSA) is 77.5 Å². The first kappa shape index (κ1) is 20.3. The second-order valence-electron chi connectivity index (χ2n) is 7.13. The average molecular weight is 392 g/mol. The third kappa shape index (κ3) is 4.90. The smallest absolute Gasteiger partial charge is 0.356 e. The zero-order chi connectivity index (χ0) is 21.0. The highest BCUT2D eigenvalue weighted by Gasteiger charge is 2.15. The van der Waals surface area contributed by atoms with Crippen LogP contribution in [0.5, 0.6) is 5.75 Å². The van der Waals surface area contributed by atoms with Crippen LogP contribution in [0.1, 0.15) is 41.4 Å². The largest absolute Gasteiger partial charge is 0.483 e. The molecule has 1 aromatic heterocycles. The van der Waals surface area contributed by atoms with Crippen LogP contribution in [0.25, 0.3) is 10.9 Å². The first-order chi connectivity index (χ1) is 13.9. The zero-order valence-electron chi connectivity index (χ0n) is 17.0. The van der Waals surface area contributed by atoms with Crippen molar-refractivity contribution in [3.8, 4) is 5.75 Å². The minimum atomic E-state index is -0.563. The number of methoxy groups -OCH3 is 1. The lowest BCUT2D eigenvalue weighted by atomic mass is 10.0. The van der Waals surface area contributed by atoms with Crippen molar-refractivity contribution in [2.45, 2.75) is 26.7 Å². The van der Waals surface area contributed by atoms with Gasteiger partial charge in [-0.05, 0) is 42.7 Å². The van der Waals surface area contributed by atoms with Gasteiger partial charge in [0.25, 0.3) is 5.91 Å². The molecule has 0 unspecified atom stereocenters. The number of rotatable bonds is 6. The summed E-state index contributed by atoms with van der Waals surface area (Å²) in [7, 11) is 1.29. The molecule has 0 fully saturated rings. The Balaban J connectivity index is 1.77. The molecule has 6 nitrogen and oxygen atoms in total. The third-order valence-corrected chi connectivity index (χ3v) is 4.54. The number of aromatic nitrogens is 1. The summed E-state index contributed by atoms with van der Waals surface area (Å²) in [5.74, 6) is -0.0218. The molecule has 0 saturated heterocycles. The molecule has 0 bridgehead atoms. The summed E-state index contributed by atoms with van der Waals surface area (Å²) < 4.78 is 10.5. The Morgan fingerprint density at radius 2 is 1.79 bits per heavy atom. The maximum Gasteiger partial charge on any atom is 0.356 e. The van der Waals surface area contributed by atoms with Gasteiger partial charge in [0.2, 0.25) is 0 Å². The third-order valence-electron chi connectivity index (χ3n) is 4.54. The highest BCUT2D eigenvalue weighted by atomic mass is 16.5. The molecule has 1 heterocycles. The first-order valence-corrected chi connectivity index (χ1v) is 9.39. The van der Waals surface area contributed by atoms with Crippen molar-refractivity contribution in [1.29, 1.82) is 0 Å². The van der Waals surface area contributed by atoms with Crippen LogP contribution < -0.4 is 10.1 Å². The van der Waals surface area contributed by atoms with E-state index in [0.29, 0.717) is 22.9 Å². The number of fused-ring (bicyclic) bond motifs is 1. The summed E-state index contributed by atoms with van der Waals surface area (Å²) in [4.78, 5) is 28.6. The number of benzene rings is 2. The van der Waals surface area contributed by atoms with Crippen LogP contribution in [0.4, 0.5) is 5.69 Å². The van der Waals surface area contributed by atoms with Gasteiger partial charge in [0.1, 0.15) is 5.75 Å². The van der Waals surface area contributed by atoms with E-state index >= 15 is 0 Å². The first-order valence-electron chi connectivity index (χ1n) is 9.39. The lowest BCUT2D eigenvalue weighted by Crippen LogP contribution is -2.20. The van der Waals surface area contributed by atoms with Gasteiger partial charge in [-0.3, -0.25) is 4.79 Å². The van der Waals surface area contributed by atoms with Crippen LogP contribution in [0, 0.1) is 6.92 Å². The van der Waals surface area contributed by atoms with E-state index in [1.54, 1.807) is 6.07 Å². The molecule has 0 aliphatic rings. The van der Waals surface area contributed by atoms with E-state index in [2.05, 4.69) is 24.1 Å². The van der Waals surface area contributed by atoms with Gasteiger partial charge in [-0.15, -0.1) is 0 Å². The van der Waals surface area contributed by atoms with Gasteiger partial charge in [-0.1, -0.05) is 37.6 Å². The molecular weight excluding hydrogens is 368 g/mol. The summed E-state index contributed by atoms with van der Waals surface area (Å²) in [5.41, 5.74) is 3.65. The van der Waals surface area contributed by atoms with E-state index in [4.69, 9.17) is 9.47 Å². The van der Waals surface area contributed by atoms with E-state index in [0.717, 1.165) is 10.9 Å². The normalized spacial score (nSPS) is 10.8. The van der Waals surface area contributed by atoms with E-state index in [9.17, 15) is 9.59 Å². The number of esters is 1. The SMILES string of the molecule is COC(=O)c1cc(OCC(=O)Nc2ccc(C(C)C)cc2)c2cc(C)ccc2n1. The average Bonchev–Trinajstić information content (AvgIpc) is 2.71. The quantitative estimate of drug-likeness (QED) is 0.626. The van der Waals surface area contributed by atoms with Crippen molar-refractivity contribution in [2.24, 2.45) is 0 Å². The molecule has 2 aromatic carbocycles. The van der Waals surface area contributed by atoms with E-state index in [1.165, 1.54) is 18.7 Å². The number of hydrogen-bond acceptors (Lipinski definition) is 5. The van der Waals surface area contributed by atoms with Crippen molar-refractivity contribution in [1.82, 2.24) is 4.98 Å². The van der Waals surface area contributed by atoms with E-state index < -0.39 is 5.97 Å². The predicted molar refractivity (Wildman–Crippen MR) is 112 cm³/mol. The van der Waals surface area contributed by atoms with Crippen LogP contribution in [0.2, 0.25) is 0 Å². The molecule has 0 radical (unpaired) electrons. The number of nitrogens with zero attached hydrogens (tertiary/aromatic N) is 1. The number of anilines is 1. The van der Waals surface area contributed by atoms with E-state index in [1.807, 2.05) is 43.3 Å². The highest BCUT2D eigenvalue weighted by molar-refractivity contribution is 5.95. The summed E-state index contributed by atoms with van der Waals surface area (Å²) in [5, 5.41) is 3.54. The van der Waals surface area contributed by atoms with Crippen molar-refractivity contribution in [3.05, 3.63) is 65.4 Å². The Kier molecular flexibility index (Phi) is 6.12. The van der Waals surface area contributed by atoms with Crippen molar-refractivity contribution < 1.29 is 19.1 Å². The van der Waals surface area contributed by atoms with Crippen LogP contribution in [0.15, 0.2) is 48.5 Å². The highest BCUT2D eigenvalue weighted by Crippen LogP contribution is 2.27. The number of hydrogen-bond donors (Lipinski definition) is 1. The lowest BCUT2D eigenvalue weighted by Gasteiger charge is -2.12. The maximum atomic E-state index is 12.3. The van der Waals surface area contributed by atoms with Crippen LogP contribution >= 0.6 is 0 Å². The molecule has 6 heteroatoms. The monoisotopic (exact) mass is 392 g/mol. The zero-order valence-corrected chi connectivity index (χ0v) is 17.0. The molecule has 1 N–H and O–H groups in total. The van der Waals surface area contributed by atoms with Crippen molar-refractivity contribution in [3.63, 3.8) is 0 Å². The molecule has 29 heavy (non-hydrogen) atoms. The fourth-order valence-electron chi connectivity index (χ4n) is 2.93. The molecule has 0 spiro atoms. The molecular formula is C23H24N2O4. The summed E-state index contributed by atoms with van der Waals surface area (Å²) in [6, 6.07) is 14.8. The van der Waals surface area contributed by atoms with Gasteiger partial charge in [-0.25, -0.2) is 9.78 Å². The minimum Gasteiger partial charge on any atom is -0.483 e. The second-order valence-corrected chi connectivity index (χ2v) is 7.13. The number of ether oxygens (including phenoxy) is 2. The molecule has 0 aliphatic carbocycles. The number of amides is 1. The standard InChI is InChI=1S/C23H24N2O4/c1-14(2)16-6-8-17(9-7-16)24-22(26)13-29-21-12-20(23(27)28-4)25-19-10-5-15(3)11-18(19)21/h5-12,14H,13H2,1-4H3,(H,24,26). The molecule has 3 aromatic rings. The minimum absolute atomic E-state index is 0.128. The van der Waals surface area contributed by atoms with Crippen LogP contribution in [-0.4, -0.2) is 30.6 Å². The van der Waals surface area contributed by atoms with Crippen LogP contribution in [-0.2, 0) is 9.53 Å². The molecule has 0 atom stereocenters. The fraction of sp³-hybridized carbons (Fsp3) is 0.261. The maximum absolute atomic E-state index is 12.3. The number of carbonyl (C=O) groups is 2. The molecule has 0 saturated carbocycles. The molecule has 0 aliphatic heterocycles. The van der Waals surface area contributed by atoms with E-state index in [-0.39, 0.29) is 18.2 Å². The second kappa shape index (κ2) is 8.73. The van der Waals surface area contributed by atoms with Gasteiger partial charge < -0.3 is 14.8 Å². The fourth-order valence-corrected chi connectivity index (χ4v) is 2.93. The molecule has 1 amide bonds. The van der Waals surface area contributed by atoms with Gasteiger partial charge in [-0.2, -0.15) is 0 Å². The van der Waals surface area contributed by atoms with Gasteiger partial charge in [0.05, 0.1) is 12.6 Å².